The summed E-state index contributed by atoms with van der Waals surface area (Å²) < 4.78 is 37.0. The van der Waals surface area contributed by atoms with Crippen molar-refractivity contribution in [3.63, 3.8) is 0 Å². The van der Waals surface area contributed by atoms with E-state index >= 15 is 0 Å². The van der Waals surface area contributed by atoms with Crippen molar-refractivity contribution >= 4 is 61.9 Å². The summed E-state index contributed by atoms with van der Waals surface area (Å²) in [6.45, 7) is -1.03. The van der Waals surface area contributed by atoms with Gasteiger partial charge >= 0.3 is 16.3 Å². The Balaban J connectivity index is 1.68. The van der Waals surface area contributed by atoms with Gasteiger partial charge in [-0.05, 0) is 17.7 Å². The number of nitro benzene ring substituents is 1. The molecule has 20 heteroatoms. The van der Waals surface area contributed by atoms with Crippen LogP contribution in [0, 0.1) is 10.1 Å². The number of nitrogens with zero attached hydrogens (tertiary/aromatic N) is 4. The predicted molar refractivity (Wildman–Crippen MR) is 130 cm³/mol. The molecule has 2 aromatic rings. The first-order valence-electron chi connectivity index (χ1n) is 10.5. The summed E-state index contributed by atoms with van der Waals surface area (Å²) in [4.78, 5) is 68.1. The van der Waals surface area contributed by atoms with Crippen molar-refractivity contribution in [2.45, 2.75) is 18.7 Å². The number of amides is 3. The standard InChI is InChI=1S/C19H19N7O11S2/c1-21-17(29)15-14(18(30)25(15)39(33,34)35)23-16(28)13(11-8-38-19(20)22-11)24-37-7-12(27)36-6-9-2-4-10(5-3-9)26(31)32/h2-5,8,14-15H,6-7H2,1H3,(H2,20,22)(H,21,29)(H,23,28)(H,33,34,35)/b24-13-. The number of aromatic nitrogens is 1. The largest absolute Gasteiger partial charge is 0.458 e. The highest BCUT2D eigenvalue weighted by molar-refractivity contribution is 7.84. The summed E-state index contributed by atoms with van der Waals surface area (Å²) in [6.07, 6.45) is 0. The van der Waals surface area contributed by atoms with Crippen LogP contribution in [0.1, 0.15) is 11.3 Å². The number of non-ortho nitro benzene ring substituents is 1. The lowest BCUT2D eigenvalue weighted by Crippen LogP contribution is -2.75. The second-order valence-corrected chi connectivity index (χ2v) is 9.67. The molecule has 2 heterocycles. The number of anilines is 1. The number of esters is 1. The van der Waals surface area contributed by atoms with Gasteiger partial charge in [-0.15, -0.1) is 11.3 Å². The van der Waals surface area contributed by atoms with E-state index in [2.05, 4.69) is 20.8 Å². The Labute approximate surface area is 222 Å². The maximum atomic E-state index is 12.9. The van der Waals surface area contributed by atoms with Crippen LogP contribution in [-0.2, 0) is 45.7 Å². The van der Waals surface area contributed by atoms with Crippen molar-refractivity contribution in [1.82, 2.24) is 19.9 Å². The molecular formula is C19H19N7O11S2. The van der Waals surface area contributed by atoms with E-state index in [-0.39, 0.29) is 27.4 Å². The molecule has 0 spiro atoms. The number of likely N-dealkylation sites (N-methyl/N-ethyl adjacent to an activating group) is 1. The quantitative estimate of drug-likeness (QED) is 0.0575. The third-order valence-electron chi connectivity index (χ3n) is 4.97. The lowest BCUT2D eigenvalue weighted by atomic mass is 9.97. The second kappa shape index (κ2) is 11.8. The Morgan fingerprint density at radius 1 is 1.31 bits per heavy atom. The zero-order valence-corrected chi connectivity index (χ0v) is 21.3. The van der Waals surface area contributed by atoms with Gasteiger partial charge in [0.05, 0.1) is 4.92 Å². The topological polar surface area (TPSA) is 263 Å². The summed E-state index contributed by atoms with van der Waals surface area (Å²) in [5.74, 6) is -4.37. The Morgan fingerprint density at radius 2 is 1.97 bits per heavy atom. The van der Waals surface area contributed by atoms with E-state index in [1.807, 2.05) is 0 Å². The number of hydrogen-bond acceptors (Lipinski definition) is 14. The van der Waals surface area contributed by atoms with E-state index in [1.54, 1.807) is 0 Å². The number of hydrogen-bond donors (Lipinski definition) is 4. The van der Waals surface area contributed by atoms with Crippen LogP contribution in [0.2, 0.25) is 0 Å². The van der Waals surface area contributed by atoms with E-state index in [0.29, 0.717) is 5.56 Å². The molecule has 2 atom stereocenters. The smallest absolute Gasteiger partial charge is 0.363 e. The number of carbonyl (C=O) groups is 4. The van der Waals surface area contributed by atoms with Crippen LogP contribution in [0.3, 0.4) is 0 Å². The molecule has 3 amide bonds. The second-order valence-electron chi connectivity index (χ2n) is 7.49. The van der Waals surface area contributed by atoms with Gasteiger partial charge in [0, 0.05) is 24.6 Å². The molecule has 3 rings (SSSR count). The molecule has 5 N–H and O–H groups in total. The molecule has 1 saturated heterocycles. The van der Waals surface area contributed by atoms with Crippen molar-refractivity contribution in [3.8, 4) is 0 Å². The van der Waals surface area contributed by atoms with Gasteiger partial charge in [-0.25, -0.2) is 9.78 Å². The van der Waals surface area contributed by atoms with E-state index in [0.717, 1.165) is 18.4 Å². The Morgan fingerprint density at radius 3 is 2.51 bits per heavy atom. The highest BCUT2D eigenvalue weighted by Gasteiger charge is 2.57. The van der Waals surface area contributed by atoms with Crippen LogP contribution >= 0.6 is 11.3 Å². The first-order valence-corrected chi connectivity index (χ1v) is 12.7. The number of thiazole rings is 1. The van der Waals surface area contributed by atoms with Crippen LogP contribution in [-0.4, -0.2) is 82.3 Å². The van der Waals surface area contributed by atoms with Crippen LogP contribution in [0.25, 0.3) is 0 Å². The fourth-order valence-corrected chi connectivity index (χ4v) is 4.54. The summed E-state index contributed by atoms with van der Waals surface area (Å²) in [7, 11) is -3.96. The molecule has 208 valence electrons. The van der Waals surface area contributed by atoms with Crippen LogP contribution in [0.5, 0.6) is 0 Å². The van der Waals surface area contributed by atoms with Crippen molar-refractivity contribution < 1.29 is 46.6 Å². The zero-order chi connectivity index (χ0) is 28.9. The molecule has 1 aliphatic heterocycles. The SMILES string of the molecule is CNC(=O)C1C(NC(=O)/C(=N\OCC(=O)OCc2ccc([N+](=O)[O-])cc2)c2csc(N)n2)C(=O)N1S(=O)(=O)O. The van der Waals surface area contributed by atoms with Crippen molar-refractivity contribution in [2.75, 3.05) is 19.4 Å². The van der Waals surface area contributed by atoms with Crippen LogP contribution in [0.15, 0.2) is 34.8 Å². The number of nitrogen functional groups attached to an aromatic ring is 1. The van der Waals surface area contributed by atoms with E-state index < -0.39 is 63.3 Å². The minimum Gasteiger partial charge on any atom is -0.458 e. The number of nitro groups is 1. The van der Waals surface area contributed by atoms with Gasteiger partial charge in [0.1, 0.15) is 18.3 Å². The minimum atomic E-state index is -5.10. The summed E-state index contributed by atoms with van der Waals surface area (Å²) >= 11 is 0.915. The van der Waals surface area contributed by atoms with Gasteiger partial charge in [0.25, 0.3) is 17.5 Å². The lowest BCUT2D eigenvalue weighted by molar-refractivity contribution is -0.384. The number of oxime groups is 1. The van der Waals surface area contributed by atoms with Crippen molar-refractivity contribution in [3.05, 3.63) is 51.0 Å². The van der Waals surface area contributed by atoms with Gasteiger partial charge in [-0.2, -0.15) is 12.7 Å². The van der Waals surface area contributed by atoms with Gasteiger partial charge in [-0.1, -0.05) is 5.16 Å². The monoisotopic (exact) mass is 585 g/mol. The number of benzene rings is 1. The van der Waals surface area contributed by atoms with Gasteiger partial charge < -0.3 is 25.9 Å². The zero-order valence-electron chi connectivity index (χ0n) is 19.7. The number of rotatable bonds is 11. The first-order chi connectivity index (χ1) is 18.3. The number of nitrogens with one attached hydrogen (secondary N) is 2. The lowest BCUT2D eigenvalue weighted by Gasteiger charge is -2.42. The maximum absolute atomic E-state index is 12.9. The van der Waals surface area contributed by atoms with Crippen LogP contribution < -0.4 is 16.4 Å². The van der Waals surface area contributed by atoms with E-state index in [1.165, 1.54) is 29.6 Å². The third-order valence-corrected chi connectivity index (χ3v) is 6.54. The fraction of sp³-hybridized carbons (Fsp3) is 0.263. The number of β-lactam (4-membered cyclic amide) rings is 1. The van der Waals surface area contributed by atoms with Crippen molar-refractivity contribution in [2.24, 2.45) is 5.16 Å². The molecule has 1 aromatic heterocycles. The average molecular weight is 586 g/mol. The molecule has 1 fully saturated rings. The molecule has 0 saturated carbocycles. The molecule has 18 nitrogen and oxygen atoms in total. The summed E-state index contributed by atoms with van der Waals surface area (Å²) in [5, 5.41) is 19.8. The summed E-state index contributed by atoms with van der Waals surface area (Å²) in [6, 6.07) is 1.73. The number of carbonyl (C=O) groups excluding carboxylic acids is 4. The highest BCUT2D eigenvalue weighted by atomic mass is 32.2. The molecule has 1 aromatic carbocycles. The maximum Gasteiger partial charge on any atom is 0.363 e. The number of ether oxygens (including phenoxy) is 1. The van der Waals surface area contributed by atoms with Gasteiger partial charge in [-0.3, -0.25) is 29.1 Å². The molecule has 1 aliphatic rings. The molecule has 39 heavy (non-hydrogen) atoms. The normalized spacial score (nSPS) is 17.1. The fourth-order valence-electron chi connectivity index (χ4n) is 3.15. The van der Waals surface area contributed by atoms with Gasteiger partial charge in [0.2, 0.25) is 12.5 Å². The molecule has 0 bridgehead atoms. The third kappa shape index (κ3) is 6.80. The predicted octanol–water partition coefficient (Wildman–Crippen LogP) is -1.66. The van der Waals surface area contributed by atoms with Crippen LogP contribution in [0.4, 0.5) is 10.8 Å². The first kappa shape index (κ1) is 28.9. The summed E-state index contributed by atoms with van der Waals surface area (Å²) in [5.41, 5.74) is 5.17. The molecular weight excluding hydrogens is 566 g/mol. The van der Waals surface area contributed by atoms with E-state index in [4.69, 9.17) is 15.3 Å². The Bertz CT molecular complexity index is 1440. The minimum absolute atomic E-state index is 0.0218. The number of nitrogens with two attached hydrogens (primary N) is 1. The van der Waals surface area contributed by atoms with Gasteiger partial charge in [0.15, 0.2) is 16.9 Å². The Hall–Kier alpha value is -4.69. The highest BCUT2D eigenvalue weighted by Crippen LogP contribution is 2.24. The molecule has 0 radical (unpaired) electrons. The molecule has 2 unspecified atom stereocenters. The van der Waals surface area contributed by atoms with E-state index in [9.17, 15) is 42.3 Å². The average Bonchev–Trinajstić information content (AvgIpc) is 3.31. The Kier molecular flexibility index (Phi) is 8.73. The molecule has 0 aliphatic carbocycles. The van der Waals surface area contributed by atoms with Crippen molar-refractivity contribution in [1.29, 1.82) is 0 Å².